The average molecular weight is 375 g/mol. The summed E-state index contributed by atoms with van der Waals surface area (Å²) < 4.78 is 20.7. The van der Waals surface area contributed by atoms with Crippen LogP contribution in [0.2, 0.25) is 0 Å². The average Bonchev–Trinajstić information content (AvgIpc) is 2.81. The summed E-state index contributed by atoms with van der Waals surface area (Å²) in [5.74, 6) is 2.21. The number of hydrazine groups is 1. The molecule has 1 aromatic carbocycles. The number of benzene rings is 1. The second kappa shape index (κ2) is 7.17. The van der Waals surface area contributed by atoms with Crippen LogP contribution in [0.15, 0.2) is 24.3 Å². The molecule has 0 aromatic heterocycles. The maximum atomic E-state index is 13.0. The van der Waals surface area contributed by atoms with Crippen molar-refractivity contribution in [1.82, 2.24) is 13.5 Å². The van der Waals surface area contributed by atoms with Gasteiger partial charge in [-0.05, 0) is 17.7 Å². The Morgan fingerprint density at radius 2 is 2.21 bits per heavy atom. The summed E-state index contributed by atoms with van der Waals surface area (Å²) in [5.41, 5.74) is 4.16. The van der Waals surface area contributed by atoms with E-state index in [4.69, 9.17) is 11.2 Å². The third-order valence-corrected chi connectivity index (χ3v) is 3.43. The highest BCUT2D eigenvalue weighted by atomic mass is 127. The monoisotopic (exact) mass is 375 g/mol. The molecule has 0 spiro atoms. The Balaban J connectivity index is 2.03. The smallest absolute Gasteiger partial charge is 0.123 e. The van der Waals surface area contributed by atoms with Gasteiger partial charge < -0.3 is 4.74 Å². The van der Waals surface area contributed by atoms with Crippen molar-refractivity contribution in [1.29, 1.82) is 0 Å². The van der Waals surface area contributed by atoms with Gasteiger partial charge in [-0.1, -0.05) is 18.1 Å². The molecule has 19 heavy (non-hydrogen) atoms. The second-order valence-corrected chi connectivity index (χ2v) is 5.56. The minimum absolute atomic E-state index is 0.174. The number of hydrogen-bond donors (Lipinski definition) is 1. The number of nitrogens with zero attached hydrogens (tertiary/aromatic N) is 2. The number of ether oxygens (including phenoxy) is 1. The highest BCUT2D eigenvalue weighted by Crippen LogP contribution is 2.20. The number of halogens is 2. The molecular formula is C13H15FIN3O. The molecule has 2 rings (SSSR count). The van der Waals surface area contributed by atoms with Crippen molar-refractivity contribution in [3.05, 3.63) is 35.6 Å². The lowest BCUT2D eigenvalue weighted by Crippen LogP contribution is -2.35. The number of nitrogens with one attached hydrogen (secondary N) is 1. The van der Waals surface area contributed by atoms with Crippen LogP contribution in [-0.2, 0) is 4.74 Å². The van der Waals surface area contributed by atoms with Gasteiger partial charge in [0, 0.05) is 29.4 Å². The van der Waals surface area contributed by atoms with Gasteiger partial charge in [0.05, 0.1) is 19.4 Å². The predicted octanol–water partition coefficient (Wildman–Crippen LogP) is 1.90. The molecule has 0 bridgehead atoms. The van der Waals surface area contributed by atoms with E-state index in [2.05, 4.69) is 42.3 Å². The van der Waals surface area contributed by atoms with E-state index in [0.29, 0.717) is 6.54 Å². The van der Waals surface area contributed by atoms with Crippen LogP contribution in [0.4, 0.5) is 4.39 Å². The van der Waals surface area contributed by atoms with Crippen LogP contribution >= 0.6 is 22.9 Å². The van der Waals surface area contributed by atoms with Crippen molar-refractivity contribution in [2.24, 2.45) is 0 Å². The topological polar surface area (TPSA) is 27.7 Å². The third-order valence-electron chi connectivity index (χ3n) is 2.79. The SMILES string of the molecule is C#CCOC(CN1CN(I)CN1)c1ccc(F)cc1. The molecule has 1 fully saturated rings. The highest BCUT2D eigenvalue weighted by Gasteiger charge is 2.22. The minimum atomic E-state index is -0.253. The Hall–Kier alpha value is -0.720. The highest BCUT2D eigenvalue weighted by molar-refractivity contribution is 14.1. The van der Waals surface area contributed by atoms with Crippen LogP contribution < -0.4 is 5.43 Å². The molecule has 1 aliphatic rings. The van der Waals surface area contributed by atoms with Crippen LogP contribution in [0.25, 0.3) is 0 Å². The molecule has 1 atom stereocenters. The Morgan fingerprint density at radius 1 is 1.47 bits per heavy atom. The van der Waals surface area contributed by atoms with Gasteiger partial charge in [-0.25, -0.2) is 17.9 Å². The fraction of sp³-hybridized carbons (Fsp3) is 0.385. The quantitative estimate of drug-likeness (QED) is 0.484. The van der Waals surface area contributed by atoms with E-state index in [1.165, 1.54) is 12.1 Å². The van der Waals surface area contributed by atoms with Gasteiger partial charge in [0.2, 0.25) is 0 Å². The van der Waals surface area contributed by atoms with E-state index >= 15 is 0 Å². The Morgan fingerprint density at radius 3 is 2.79 bits per heavy atom. The maximum absolute atomic E-state index is 13.0. The zero-order valence-electron chi connectivity index (χ0n) is 10.4. The molecule has 0 amide bonds. The molecule has 102 valence electrons. The van der Waals surface area contributed by atoms with Gasteiger partial charge in [0.15, 0.2) is 0 Å². The van der Waals surface area contributed by atoms with Crippen molar-refractivity contribution < 1.29 is 9.13 Å². The number of hydrogen-bond acceptors (Lipinski definition) is 4. The second-order valence-electron chi connectivity index (χ2n) is 4.20. The molecule has 1 unspecified atom stereocenters. The summed E-state index contributed by atoms with van der Waals surface area (Å²) in [6.07, 6.45) is 5.06. The minimum Gasteiger partial charge on any atom is -0.359 e. The van der Waals surface area contributed by atoms with Gasteiger partial charge in [0.25, 0.3) is 0 Å². The van der Waals surface area contributed by atoms with Crippen molar-refractivity contribution in [3.8, 4) is 12.3 Å². The van der Waals surface area contributed by atoms with E-state index in [1.807, 2.05) is 0 Å². The van der Waals surface area contributed by atoms with Crippen LogP contribution in [-0.4, -0.2) is 34.6 Å². The number of rotatable bonds is 5. The Kier molecular flexibility index (Phi) is 5.54. The summed E-state index contributed by atoms with van der Waals surface area (Å²) in [6, 6.07) is 6.33. The lowest BCUT2D eigenvalue weighted by molar-refractivity contribution is 0.0375. The molecular weight excluding hydrogens is 360 g/mol. The van der Waals surface area contributed by atoms with Crippen LogP contribution in [0.5, 0.6) is 0 Å². The molecule has 1 N–H and O–H groups in total. The molecule has 1 heterocycles. The molecule has 0 aliphatic carbocycles. The largest absolute Gasteiger partial charge is 0.359 e. The van der Waals surface area contributed by atoms with Crippen LogP contribution in [0.1, 0.15) is 11.7 Å². The van der Waals surface area contributed by atoms with Gasteiger partial charge >= 0.3 is 0 Å². The van der Waals surface area contributed by atoms with Gasteiger partial charge in [0.1, 0.15) is 12.4 Å². The molecule has 0 radical (unpaired) electrons. The van der Waals surface area contributed by atoms with E-state index in [0.717, 1.165) is 18.9 Å². The third kappa shape index (κ3) is 4.40. The molecule has 1 aromatic rings. The fourth-order valence-electron chi connectivity index (χ4n) is 1.86. The summed E-state index contributed by atoms with van der Waals surface area (Å²) in [7, 11) is 0. The predicted molar refractivity (Wildman–Crippen MR) is 79.4 cm³/mol. The number of terminal acetylenes is 1. The van der Waals surface area contributed by atoms with Crippen LogP contribution in [0.3, 0.4) is 0 Å². The van der Waals surface area contributed by atoms with Crippen LogP contribution in [0, 0.1) is 18.2 Å². The van der Waals surface area contributed by atoms with E-state index in [1.54, 1.807) is 12.1 Å². The standard InChI is InChI=1S/C13H15FIN3O/c1-2-7-19-13(8-18-10-17(15)9-16-18)11-3-5-12(14)6-4-11/h1,3-6,13,16H,7-10H2. The molecule has 0 saturated carbocycles. The van der Waals surface area contributed by atoms with Crippen molar-refractivity contribution >= 4 is 22.9 Å². The van der Waals surface area contributed by atoms with Crippen molar-refractivity contribution in [2.75, 3.05) is 26.5 Å². The summed E-state index contributed by atoms with van der Waals surface area (Å²) in [5, 5.41) is 2.05. The van der Waals surface area contributed by atoms with Gasteiger partial charge in [-0.3, -0.25) is 0 Å². The first kappa shape index (κ1) is 14.7. The first-order chi connectivity index (χ1) is 9.19. The van der Waals surface area contributed by atoms with Crippen molar-refractivity contribution in [3.63, 3.8) is 0 Å². The molecule has 1 aliphatic heterocycles. The summed E-state index contributed by atoms with van der Waals surface area (Å²) >= 11 is 2.25. The molecule has 1 saturated heterocycles. The lowest BCUT2D eigenvalue weighted by atomic mass is 10.1. The van der Waals surface area contributed by atoms with Gasteiger partial charge in [-0.2, -0.15) is 0 Å². The zero-order chi connectivity index (χ0) is 13.7. The summed E-state index contributed by atoms with van der Waals surface area (Å²) in [6.45, 7) is 2.50. The zero-order valence-corrected chi connectivity index (χ0v) is 12.5. The Bertz CT molecular complexity index is 448. The van der Waals surface area contributed by atoms with Gasteiger partial charge in [-0.15, -0.1) is 6.42 Å². The maximum Gasteiger partial charge on any atom is 0.123 e. The van der Waals surface area contributed by atoms with E-state index in [-0.39, 0.29) is 18.5 Å². The first-order valence-electron chi connectivity index (χ1n) is 5.88. The summed E-state index contributed by atoms with van der Waals surface area (Å²) in [4.78, 5) is 0. The first-order valence-corrected chi connectivity index (χ1v) is 6.85. The van der Waals surface area contributed by atoms with Crippen molar-refractivity contribution in [2.45, 2.75) is 6.10 Å². The normalized spacial score (nSPS) is 18.4. The lowest BCUT2D eigenvalue weighted by Gasteiger charge is -2.23. The van der Waals surface area contributed by atoms with E-state index < -0.39 is 0 Å². The van der Waals surface area contributed by atoms with E-state index in [9.17, 15) is 4.39 Å². The fourth-order valence-corrected chi connectivity index (χ4v) is 2.39. The molecule has 4 nitrogen and oxygen atoms in total. The Labute approximate surface area is 126 Å². The molecule has 6 heteroatoms.